The molecule has 3 rings (SSSR count). The van der Waals surface area contributed by atoms with Crippen LogP contribution in [0.3, 0.4) is 0 Å². The topological polar surface area (TPSA) is 93.8 Å². The number of halogens is 1. The number of hydrogen-bond acceptors (Lipinski definition) is 6. The normalized spacial score (nSPS) is 16.7. The number of guanidine groups is 1. The first-order chi connectivity index (χ1) is 14.7. The Morgan fingerprint density at radius 1 is 1.37 bits per heavy atom. The van der Waals surface area contributed by atoms with Crippen molar-refractivity contribution in [1.82, 2.24) is 20.8 Å². The van der Waals surface area contributed by atoms with Gasteiger partial charge in [0, 0.05) is 49.9 Å². The van der Waals surface area contributed by atoms with E-state index >= 15 is 0 Å². The van der Waals surface area contributed by atoms with Crippen LogP contribution >= 0.6 is 11.6 Å². The van der Waals surface area contributed by atoms with E-state index in [0.29, 0.717) is 49.5 Å². The smallest absolute Gasteiger partial charge is 0.228 e. The maximum atomic E-state index is 6.02. The molecule has 1 aromatic carbocycles. The summed E-state index contributed by atoms with van der Waals surface area (Å²) >= 11 is 6.02. The van der Waals surface area contributed by atoms with Gasteiger partial charge in [0.1, 0.15) is 0 Å². The van der Waals surface area contributed by atoms with Crippen molar-refractivity contribution in [3.8, 4) is 11.4 Å². The second-order valence-corrected chi connectivity index (χ2v) is 7.46. The summed E-state index contributed by atoms with van der Waals surface area (Å²) in [5.41, 5.74) is 0.835. The molecule has 2 aromatic rings. The van der Waals surface area contributed by atoms with Crippen LogP contribution in [-0.4, -0.2) is 61.7 Å². The summed E-state index contributed by atoms with van der Waals surface area (Å²) < 4.78 is 16.6. The van der Waals surface area contributed by atoms with Crippen molar-refractivity contribution in [2.24, 2.45) is 4.99 Å². The van der Waals surface area contributed by atoms with Crippen molar-refractivity contribution < 1.29 is 14.0 Å². The molecule has 30 heavy (non-hydrogen) atoms. The molecule has 1 aromatic heterocycles. The second-order valence-electron chi connectivity index (χ2n) is 7.02. The Kier molecular flexibility index (Phi) is 9.40. The van der Waals surface area contributed by atoms with Gasteiger partial charge in [-0.25, -0.2) is 0 Å². The molecule has 1 atom stereocenters. The summed E-state index contributed by atoms with van der Waals surface area (Å²) in [6.45, 7) is 6.40. The summed E-state index contributed by atoms with van der Waals surface area (Å²) in [7, 11) is 0. The van der Waals surface area contributed by atoms with Gasteiger partial charge in [-0.05, 0) is 38.3 Å². The Bertz CT molecular complexity index is 792. The largest absolute Gasteiger partial charge is 0.379 e. The highest BCUT2D eigenvalue weighted by Gasteiger charge is 2.15. The van der Waals surface area contributed by atoms with Crippen molar-refractivity contribution in [3.05, 3.63) is 35.2 Å². The van der Waals surface area contributed by atoms with Crippen LogP contribution in [0.4, 0.5) is 0 Å². The molecular formula is C21H30ClN5O3. The average molecular weight is 436 g/mol. The fourth-order valence-corrected chi connectivity index (χ4v) is 3.27. The Labute approximate surface area is 182 Å². The summed E-state index contributed by atoms with van der Waals surface area (Å²) in [6.07, 6.45) is 3.99. The van der Waals surface area contributed by atoms with Crippen LogP contribution in [-0.2, 0) is 15.9 Å². The predicted octanol–water partition coefficient (Wildman–Crippen LogP) is 3.07. The van der Waals surface area contributed by atoms with Crippen LogP contribution in [0.2, 0.25) is 5.02 Å². The van der Waals surface area contributed by atoms with Gasteiger partial charge in [-0.3, -0.25) is 4.99 Å². The van der Waals surface area contributed by atoms with Gasteiger partial charge in [0.05, 0.1) is 12.7 Å². The quantitative estimate of drug-likeness (QED) is 0.318. The van der Waals surface area contributed by atoms with Gasteiger partial charge in [-0.1, -0.05) is 28.9 Å². The molecule has 2 N–H and O–H groups in total. The Morgan fingerprint density at radius 2 is 2.30 bits per heavy atom. The van der Waals surface area contributed by atoms with Gasteiger partial charge in [0.25, 0.3) is 0 Å². The molecule has 1 fully saturated rings. The van der Waals surface area contributed by atoms with Crippen LogP contribution in [0.25, 0.3) is 11.4 Å². The van der Waals surface area contributed by atoms with Crippen LogP contribution in [0, 0.1) is 0 Å². The Balaban J connectivity index is 1.36. The van der Waals surface area contributed by atoms with E-state index in [9.17, 15) is 0 Å². The van der Waals surface area contributed by atoms with Crippen molar-refractivity contribution in [3.63, 3.8) is 0 Å². The van der Waals surface area contributed by atoms with E-state index in [1.165, 1.54) is 0 Å². The Morgan fingerprint density at radius 3 is 3.10 bits per heavy atom. The summed E-state index contributed by atoms with van der Waals surface area (Å²) in [6, 6.07) is 7.39. The molecule has 1 aliphatic heterocycles. The van der Waals surface area contributed by atoms with Gasteiger partial charge in [0.15, 0.2) is 5.96 Å². The monoisotopic (exact) mass is 435 g/mol. The first-order valence-electron chi connectivity index (χ1n) is 10.5. The van der Waals surface area contributed by atoms with Crippen LogP contribution < -0.4 is 10.6 Å². The third-order valence-corrected chi connectivity index (χ3v) is 4.81. The molecule has 1 saturated heterocycles. The number of rotatable bonds is 11. The fraction of sp³-hybridized carbons (Fsp3) is 0.571. The number of benzene rings is 1. The molecule has 0 bridgehead atoms. The van der Waals surface area contributed by atoms with Crippen molar-refractivity contribution >= 4 is 17.6 Å². The lowest BCUT2D eigenvalue weighted by Crippen LogP contribution is -2.38. The molecule has 8 nitrogen and oxygen atoms in total. The Hall–Kier alpha value is -2.16. The fourth-order valence-electron chi connectivity index (χ4n) is 3.08. The number of aromatic nitrogens is 2. The van der Waals surface area contributed by atoms with Crippen molar-refractivity contribution in [2.45, 2.75) is 38.7 Å². The second kappa shape index (κ2) is 12.5. The molecule has 0 saturated carbocycles. The SMILES string of the molecule is CCNC(=NCCCOCC1CCCO1)NCCc1nc(-c2cccc(Cl)c2)no1. The van der Waals surface area contributed by atoms with E-state index in [2.05, 4.69) is 25.8 Å². The summed E-state index contributed by atoms with van der Waals surface area (Å²) in [5.74, 6) is 1.87. The zero-order chi connectivity index (χ0) is 21.0. The molecule has 0 radical (unpaired) electrons. The number of nitrogens with one attached hydrogen (secondary N) is 2. The van der Waals surface area contributed by atoms with Gasteiger partial charge in [0.2, 0.25) is 11.7 Å². The zero-order valence-electron chi connectivity index (χ0n) is 17.4. The molecule has 2 heterocycles. The van der Waals surface area contributed by atoms with E-state index in [0.717, 1.165) is 43.9 Å². The third kappa shape index (κ3) is 7.59. The standard InChI is InChI=1S/C21H30ClN5O3/c1-2-23-21(24-10-5-12-28-15-18-8-4-13-29-18)25-11-9-19-26-20(27-30-19)16-6-3-7-17(22)14-16/h3,6-7,14,18H,2,4-5,8-13,15H2,1H3,(H2,23,24,25). The van der Waals surface area contributed by atoms with E-state index in [1.54, 1.807) is 0 Å². The van der Waals surface area contributed by atoms with Crippen LogP contribution in [0.15, 0.2) is 33.8 Å². The van der Waals surface area contributed by atoms with E-state index < -0.39 is 0 Å². The van der Waals surface area contributed by atoms with Gasteiger partial charge in [-0.15, -0.1) is 0 Å². The first-order valence-corrected chi connectivity index (χ1v) is 10.9. The lowest BCUT2D eigenvalue weighted by molar-refractivity contribution is 0.0171. The van der Waals surface area contributed by atoms with Crippen molar-refractivity contribution in [2.75, 3.05) is 39.5 Å². The molecule has 1 unspecified atom stereocenters. The minimum absolute atomic E-state index is 0.275. The van der Waals surface area contributed by atoms with Gasteiger partial charge < -0.3 is 24.6 Å². The van der Waals surface area contributed by atoms with E-state index in [-0.39, 0.29) is 6.10 Å². The number of nitrogens with zero attached hydrogens (tertiary/aromatic N) is 3. The number of aliphatic imine (C=N–C) groups is 1. The zero-order valence-corrected chi connectivity index (χ0v) is 18.2. The molecular weight excluding hydrogens is 406 g/mol. The van der Waals surface area contributed by atoms with E-state index in [1.807, 2.05) is 31.2 Å². The number of hydrogen-bond donors (Lipinski definition) is 2. The minimum Gasteiger partial charge on any atom is -0.379 e. The highest BCUT2D eigenvalue weighted by atomic mass is 35.5. The highest BCUT2D eigenvalue weighted by Crippen LogP contribution is 2.19. The van der Waals surface area contributed by atoms with Crippen molar-refractivity contribution in [1.29, 1.82) is 0 Å². The molecule has 0 aliphatic carbocycles. The summed E-state index contributed by atoms with van der Waals surface area (Å²) in [5, 5.41) is 11.2. The molecule has 164 valence electrons. The molecule has 9 heteroatoms. The minimum atomic E-state index is 0.275. The highest BCUT2D eigenvalue weighted by molar-refractivity contribution is 6.30. The molecule has 0 spiro atoms. The predicted molar refractivity (Wildman–Crippen MR) is 117 cm³/mol. The third-order valence-electron chi connectivity index (χ3n) is 4.57. The lowest BCUT2D eigenvalue weighted by Gasteiger charge is -2.11. The number of ether oxygens (including phenoxy) is 2. The van der Waals surface area contributed by atoms with Gasteiger partial charge in [-0.2, -0.15) is 4.98 Å². The molecule has 0 amide bonds. The van der Waals surface area contributed by atoms with E-state index in [4.69, 9.17) is 25.6 Å². The summed E-state index contributed by atoms with van der Waals surface area (Å²) in [4.78, 5) is 9.01. The van der Waals surface area contributed by atoms with Crippen LogP contribution in [0.5, 0.6) is 0 Å². The average Bonchev–Trinajstić information content (AvgIpc) is 3.43. The maximum absolute atomic E-state index is 6.02. The molecule has 1 aliphatic rings. The first kappa shape index (κ1) is 22.5. The maximum Gasteiger partial charge on any atom is 0.228 e. The lowest BCUT2D eigenvalue weighted by atomic mass is 10.2. The van der Waals surface area contributed by atoms with Crippen LogP contribution in [0.1, 0.15) is 32.1 Å². The van der Waals surface area contributed by atoms with Gasteiger partial charge >= 0.3 is 0 Å².